The van der Waals surface area contributed by atoms with Gasteiger partial charge in [0.05, 0.1) is 11.1 Å². The van der Waals surface area contributed by atoms with Gasteiger partial charge in [0, 0.05) is 18.8 Å². The van der Waals surface area contributed by atoms with Gasteiger partial charge >= 0.3 is 12.1 Å². The highest BCUT2D eigenvalue weighted by Gasteiger charge is 2.34. The van der Waals surface area contributed by atoms with Crippen LogP contribution < -0.4 is 0 Å². The molecule has 1 aliphatic carbocycles. The fourth-order valence-corrected chi connectivity index (χ4v) is 2.56. The maximum absolute atomic E-state index is 12.7. The van der Waals surface area contributed by atoms with Gasteiger partial charge in [-0.3, -0.25) is 4.79 Å². The molecule has 0 spiro atoms. The van der Waals surface area contributed by atoms with Gasteiger partial charge in [-0.05, 0) is 42.7 Å². The van der Waals surface area contributed by atoms with Gasteiger partial charge in [0.15, 0.2) is 0 Å². The van der Waals surface area contributed by atoms with Crippen molar-refractivity contribution in [1.82, 2.24) is 9.88 Å². The lowest BCUT2D eigenvalue weighted by molar-refractivity contribution is -0.137. The fraction of sp³-hybridized carbons (Fsp3) is 0.278. The molecule has 1 fully saturated rings. The van der Waals surface area contributed by atoms with Crippen LogP contribution in [0.1, 0.15) is 44.8 Å². The summed E-state index contributed by atoms with van der Waals surface area (Å²) in [5.74, 6) is -1.51. The van der Waals surface area contributed by atoms with E-state index in [0.717, 1.165) is 25.0 Å². The van der Waals surface area contributed by atoms with Crippen molar-refractivity contribution in [1.29, 1.82) is 0 Å². The van der Waals surface area contributed by atoms with Crippen LogP contribution in [0.25, 0.3) is 0 Å². The van der Waals surface area contributed by atoms with Crippen molar-refractivity contribution in [2.24, 2.45) is 0 Å². The summed E-state index contributed by atoms with van der Waals surface area (Å²) in [7, 11) is 0. The summed E-state index contributed by atoms with van der Waals surface area (Å²) >= 11 is 0. The van der Waals surface area contributed by atoms with E-state index in [-0.39, 0.29) is 29.8 Å². The maximum Gasteiger partial charge on any atom is 0.416 e. The summed E-state index contributed by atoms with van der Waals surface area (Å²) in [6, 6.07) is 7.38. The third kappa shape index (κ3) is 4.01. The Morgan fingerprint density at radius 2 is 1.77 bits per heavy atom. The Morgan fingerprint density at radius 1 is 1.12 bits per heavy atom. The highest BCUT2D eigenvalue weighted by molar-refractivity contribution is 5.95. The average molecular weight is 364 g/mol. The number of amides is 1. The molecule has 5 nitrogen and oxygen atoms in total. The molecule has 3 rings (SSSR count). The second kappa shape index (κ2) is 6.78. The lowest BCUT2D eigenvalue weighted by atomic mass is 10.1. The second-order valence-corrected chi connectivity index (χ2v) is 6.10. The van der Waals surface area contributed by atoms with Gasteiger partial charge in [-0.25, -0.2) is 9.78 Å². The monoisotopic (exact) mass is 364 g/mol. The molecule has 2 aromatic rings. The predicted molar refractivity (Wildman–Crippen MR) is 85.5 cm³/mol. The molecular formula is C18H15F3N2O3. The SMILES string of the molecule is O=C(O)c1ccc(C(=O)N(Cc2ccc(C(F)(F)F)cc2)C2CC2)cn1. The Hall–Kier alpha value is -2.90. The van der Waals surface area contributed by atoms with Gasteiger partial charge in [0.25, 0.3) is 5.91 Å². The number of alkyl halides is 3. The second-order valence-electron chi connectivity index (χ2n) is 6.10. The first-order chi connectivity index (χ1) is 12.3. The largest absolute Gasteiger partial charge is 0.477 e. The zero-order valence-electron chi connectivity index (χ0n) is 13.5. The summed E-state index contributed by atoms with van der Waals surface area (Å²) in [4.78, 5) is 28.9. The Kier molecular flexibility index (Phi) is 4.67. The number of carboxylic acids is 1. The van der Waals surface area contributed by atoms with Crippen molar-refractivity contribution in [2.45, 2.75) is 31.6 Å². The highest BCUT2D eigenvalue weighted by atomic mass is 19.4. The highest BCUT2D eigenvalue weighted by Crippen LogP contribution is 2.32. The van der Waals surface area contributed by atoms with Gasteiger partial charge in [0.1, 0.15) is 5.69 Å². The van der Waals surface area contributed by atoms with Crippen LogP contribution >= 0.6 is 0 Å². The van der Waals surface area contributed by atoms with Crippen molar-refractivity contribution >= 4 is 11.9 Å². The molecule has 26 heavy (non-hydrogen) atoms. The number of benzene rings is 1. The van der Waals surface area contributed by atoms with Gasteiger partial charge in [-0.1, -0.05) is 12.1 Å². The number of carbonyl (C=O) groups is 2. The number of carbonyl (C=O) groups excluding carboxylic acids is 1. The standard InChI is InChI=1S/C18H15F3N2O3/c19-18(20,21)13-4-1-11(2-5-13)10-23(14-6-7-14)16(24)12-3-8-15(17(25)26)22-9-12/h1-5,8-9,14H,6-7,10H2,(H,25,26). The number of aromatic carboxylic acids is 1. The minimum absolute atomic E-state index is 0.0314. The molecule has 0 aliphatic heterocycles. The van der Waals surface area contributed by atoms with Crippen LogP contribution in [0.4, 0.5) is 13.2 Å². The minimum Gasteiger partial charge on any atom is -0.477 e. The molecular weight excluding hydrogens is 349 g/mol. The van der Waals surface area contributed by atoms with E-state index in [9.17, 15) is 22.8 Å². The number of carboxylic acid groups (broad SMARTS) is 1. The van der Waals surface area contributed by atoms with E-state index in [1.165, 1.54) is 30.5 Å². The Bertz CT molecular complexity index is 813. The third-order valence-electron chi connectivity index (χ3n) is 4.11. The number of halogens is 3. The molecule has 1 aromatic heterocycles. The van der Waals surface area contributed by atoms with Crippen molar-refractivity contribution in [2.75, 3.05) is 0 Å². The fourth-order valence-electron chi connectivity index (χ4n) is 2.56. The Labute approximate surface area is 147 Å². The van der Waals surface area contributed by atoms with E-state index in [2.05, 4.69) is 4.98 Å². The molecule has 136 valence electrons. The third-order valence-corrected chi connectivity index (χ3v) is 4.11. The number of aromatic nitrogens is 1. The first-order valence-electron chi connectivity index (χ1n) is 7.92. The number of nitrogens with zero attached hydrogens (tertiary/aromatic N) is 2. The van der Waals surface area contributed by atoms with Gasteiger partial charge in [0.2, 0.25) is 0 Å². The summed E-state index contributed by atoms with van der Waals surface area (Å²) < 4.78 is 37.9. The van der Waals surface area contributed by atoms with Crippen LogP contribution in [0.15, 0.2) is 42.6 Å². The number of pyridine rings is 1. The summed E-state index contributed by atoms with van der Waals surface area (Å²) in [5, 5.41) is 8.86. The van der Waals surface area contributed by atoms with E-state index < -0.39 is 17.7 Å². The van der Waals surface area contributed by atoms with Crippen molar-refractivity contribution < 1.29 is 27.9 Å². The molecule has 1 aromatic carbocycles. The average Bonchev–Trinajstić information content (AvgIpc) is 3.44. The zero-order chi connectivity index (χ0) is 18.9. The molecule has 0 unspecified atom stereocenters. The lowest BCUT2D eigenvalue weighted by Gasteiger charge is -2.23. The Morgan fingerprint density at radius 3 is 2.23 bits per heavy atom. The lowest BCUT2D eigenvalue weighted by Crippen LogP contribution is -2.32. The smallest absolute Gasteiger partial charge is 0.416 e. The quantitative estimate of drug-likeness (QED) is 0.880. The molecule has 1 heterocycles. The van der Waals surface area contributed by atoms with Crippen LogP contribution in [-0.2, 0) is 12.7 Å². The number of rotatable bonds is 5. The van der Waals surface area contributed by atoms with E-state index in [1.807, 2.05) is 0 Å². The van der Waals surface area contributed by atoms with Gasteiger partial charge in [-0.15, -0.1) is 0 Å². The number of hydrogen-bond acceptors (Lipinski definition) is 3. The molecule has 8 heteroatoms. The predicted octanol–water partition coefficient (Wildman–Crippen LogP) is 3.60. The Balaban J connectivity index is 1.77. The molecule has 0 atom stereocenters. The van der Waals surface area contributed by atoms with Gasteiger partial charge < -0.3 is 10.0 Å². The van der Waals surface area contributed by atoms with Crippen molar-refractivity contribution in [3.63, 3.8) is 0 Å². The van der Waals surface area contributed by atoms with E-state index in [0.29, 0.717) is 5.56 Å². The van der Waals surface area contributed by atoms with Crippen LogP contribution in [0.2, 0.25) is 0 Å². The van der Waals surface area contributed by atoms with Crippen LogP contribution in [-0.4, -0.2) is 32.9 Å². The van der Waals surface area contributed by atoms with Crippen LogP contribution in [0.5, 0.6) is 0 Å². The molecule has 1 amide bonds. The summed E-state index contributed by atoms with van der Waals surface area (Å²) in [5.41, 5.74) is -0.0663. The topological polar surface area (TPSA) is 70.5 Å². The maximum atomic E-state index is 12.7. The van der Waals surface area contributed by atoms with E-state index >= 15 is 0 Å². The van der Waals surface area contributed by atoms with Crippen molar-refractivity contribution in [3.8, 4) is 0 Å². The van der Waals surface area contributed by atoms with Crippen molar-refractivity contribution in [3.05, 3.63) is 65.0 Å². The summed E-state index contributed by atoms with van der Waals surface area (Å²) in [6.45, 7) is 0.183. The molecule has 0 bridgehead atoms. The summed E-state index contributed by atoms with van der Waals surface area (Å²) in [6.07, 6.45) is -1.55. The van der Waals surface area contributed by atoms with E-state index in [4.69, 9.17) is 5.11 Å². The molecule has 1 N–H and O–H groups in total. The first kappa shape index (κ1) is 17.9. The molecule has 1 saturated carbocycles. The van der Waals surface area contributed by atoms with Gasteiger partial charge in [-0.2, -0.15) is 13.2 Å². The zero-order valence-corrected chi connectivity index (χ0v) is 13.5. The van der Waals surface area contributed by atoms with Crippen LogP contribution in [0, 0.1) is 0 Å². The molecule has 0 saturated heterocycles. The molecule has 0 radical (unpaired) electrons. The van der Waals surface area contributed by atoms with Crippen LogP contribution in [0.3, 0.4) is 0 Å². The normalized spacial score (nSPS) is 14.1. The molecule has 1 aliphatic rings. The number of hydrogen-bond donors (Lipinski definition) is 1. The minimum atomic E-state index is -4.40. The van der Waals surface area contributed by atoms with E-state index in [1.54, 1.807) is 4.90 Å². The first-order valence-corrected chi connectivity index (χ1v) is 7.92.